The summed E-state index contributed by atoms with van der Waals surface area (Å²) in [7, 11) is -0.856. The van der Waals surface area contributed by atoms with Crippen molar-refractivity contribution in [3.05, 3.63) is 11.6 Å². The third-order valence-electron chi connectivity index (χ3n) is 2.75. The van der Waals surface area contributed by atoms with Crippen LogP contribution >= 0.6 is 0 Å². The predicted octanol–water partition coefficient (Wildman–Crippen LogP) is 1.55. The molecule has 1 unspecified atom stereocenters. The molecule has 0 amide bonds. The molecule has 1 N–H and O–H groups in total. The van der Waals surface area contributed by atoms with Crippen molar-refractivity contribution in [1.82, 2.24) is 5.06 Å². The Morgan fingerprint density at radius 1 is 1.43 bits per heavy atom. The highest BCUT2D eigenvalue weighted by atomic mass is 32.2. The molecular formula is C10H19NO2S. The first-order chi connectivity index (χ1) is 6.18. The Hall–Kier alpha value is -0.190. The zero-order chi connectivity index (χ0) is 11.1. The van der Waals surface area contributed by atoms with Gasteiger partial charge in [-0.15, -0.1) is 0 Å². The summed E-state index contributed by atoms with van der Waals surface area (Å²) in [4.78, 5) is 0. The van der Waals surface area contributed by atoms with Gasteiger partial charge in [-0.05, 0) is 33.3 Å². The predicted molar refractivity (Wildman–Crippen MR) is 58.8 cm³/mol. The quantitative estimate of drug-likeness (QED) is 0.714. The molecule has 1 heterocycles. The van der Waals surface area contributed by atoms with E-state index in [1.54, 1.807) is 6.26 Å². The van der Waals surface area contributed by atoms with Crippen LogP contribution in [-0.4, -0.2) is 37.6 Å². The Labute approximate surface area is 88.2 Å². The number of hydrogen-bond acceptors (Lipinski definition) is 3. The molecule has 0 fully saturated rings. The summed E-state index contributed by atoms with van der Waals surface area (Å²) in [6.07, 6.45) is 3.69. The van der Waals surface area contributed by atoms with Crippen LogP contribution in [0.2, 0.25) is 0 Å². The highest BCUT2D eigenvalue weighted by Crippen LogP contribution is 2.38. The zero-order valence-corrected chi connectivity index (χ0v) is 10.3. The van der Waals surface area contributed by atoms with Gasteiger partial charge < -0.3 is 5.21 Å². The Morgan fingerprint density at radius 2 is 1.93 bits per heavy atom. The van der Waals surface area contributed by atoms with E-state index in [1.807, 2.05) is 33.8 Å². The standard InChI is InChI=1S/C10H19NO2S/c1-9(2)6-8(7-14(5)13)10(3,4)11(9)12/h6,12H,7H2,1-5H3. The molecule has 82 valence electrons. The molecule has 0 spiro atoms. The molecule has 0 aromatic rings. The van der Waals surface area contributed by atoms with Gasteiger partial charge in [0.25, 0.3) is 0 Å². The molecule has 0 saturated carbocycles. The van der Waals surface area contributed by atoms with Crippen molar-refractivity contribution in [2.75, 3.05) is 12.0 Å². The van der Waals surface area contributed by atoms with Crippen LogP contribution in [0.15, 0.2) is 11.6 Å². The molecule has 0 aromatic heterocycles. The third kappa shape index (κ3) is 1.92. The van der Waals surface area contributed by atoms with Crippen molar-refractivity contribution in [1.29, 1.82) is 0 Å². The summed E-state index contributed by atoms with van der Waals surface area (Å²) in [6, 6.07) is 0. The molecule has 0 aromatic carbocycles. The lowest BCUT2D eigenvalue weighted by molar-refractivity contribution is -0.185. The summed E-state index contributed by atoms with van der Waals surface area (Å²) in [5, 5.41) is 11.3. The second kappa shape index (κ2) is 3.43. The number of hydrogen-bond donors (Lipinski definition) is 1. The fraction of sp³-hybridized carbons (Fsp3) is 0.800. The summed E-state index contributed by atoms with van der Waals surface area (Å²) < 4.78 is 11.2. The lowest BCUT2D eigenvalue weighted by atomic mass is 9.98. The lowest BCUT2D eigenvalue weighted by Gasteiger charge is -2.36. The van der Waals surface area contributed by atoms with Gasteiger partial charge >= 0.3 is 0 Å². The van der Waals surface area contributed by atoms with E-state index in [0.717, 1.165) is 5.57 Å². The van der Waals surface area contributed by atoms with Crippen molar-refractivity contribution in [2.24, 2.45) is 0 Å². The van der Waals surface area contributed by atoms with E-state index in [1.165, 1.54) is 5.06 Å². The molecule has 0 saturated heterocycles. The molecule has 1 aliphatic rings. The molecule has 1 aliphatic heterocycles. The average Bonchev–Trinajstić information content (AvgIpc) is 2.12. The maximum Gasteiger partial charge on any atom is 0.0631 e. The average molecular weight is 217 g/mol. The highest BCUT2D eigenvalue weighted by Gasteiger charge is 2.44. The summed E-state index contributed by atoms with van der Waals surface area (Å²) in [5.74, 6) is 0.535. The SMILES string of the molecule is CS(=O)CC1=CC(C)(C)N(O)C1(C)C. The smallest absolute Gasteiger partial charge is 0.0631 e. The summed E-state index contributed by atoms with van der Waals surface area (Å²) >= 11 is 0. The van der Waals surface area contributed by atoms with Crippen molar-refractivity contribution in [3.63, 3.8) is 0 Å². The van der Waals surface area contributed by atoms with E-state index in [2.05, 4.69) is 0 Å². The number of hydroxylamine groups is 2. The molecule has 1 atom stereocenters. The molecule has 1 rings (SSSR count). The summed E-state index contributed by atoms with van der Waals surface area (Å²) in [6.45, 7) is 7.78. The molecule has 0 bridgehead atoms. The van der Waals surface area contributed by atoms with Gasteiger partial charge in [0.05, 0.1) is 11.1 Å². The summed E-state index contributed by atoms with van der Waals surface area (Å²) in [5.41, 5.74) is 0.277. The van der Waals surface area contributed by atoms with Gasteiger partial charge in [0.15, 0.2) is 0 Å². The molecule has 4 heteroatoms. The molecular weight excluding hydrogens is 198 g/mol. The monoisotopic (exact) mass is 217 g/mol. The molecule has 3 nitrogen and oxygen atoms in total. The second-order valence-electron chi connectivity index (χ2n) is 4.91. The van der Waals surface area contributed by atoms with Crippen LogP contribution in [0.5, 0.6) is 0 Å². The van der Waals surface area contributed by atoms with Crippen LogP contribution in [0.4, 0.5) is 0 Å². The van der Waals surface area contributed by atoms with Crippen molar-refractivity contribution < 1.29 is 9.42 Å². The maximum absolute atomic E-state index is 11.2. The van der Waals surface area contributed by atoms with Crippen molar-refractivity contribution in [3.8, 4) is 0 Å². The number of rotatable bonds is 2. The van der Waals surface area contributed by atoms with Gasteiger partial charge in [-0.1, -0.05) is 6.08 Å². The normalized spacial score (nSPS) is 27.4. The van der Waals surface area contributed by atoms with Crippen LogP contribution in [0.3, 0.4) is 0 Å². The van der Waals surface area contributed by atoms with Gasteiger partial charge in [0.1, 0.15) is 0 Å². The fourth-order valence-corrected chi connectivity index (χ4v) is 2.83. The largest absolute Gasteiger partial charge is 0.312 e. The van der Waals surface area contributed by atoms with E-state index >= 15 is 0 Å². The van der Waals surface area contributed by atoms with Gasteiger partial charge in [-0.3, -0.25) is 4.21 Å². The van der Waals surface area contributed by atoms with Gasteiger partial charge in [-0.25, -0.2) is 0 Å². The fourth-order valence-electron chi connectivity index (χ4n) is 1.96. The van der Waals surface area contributed by atoms with Crippen LogP contribution < -0.4 is 0 Å². The molecule has 14 heavy (non-hydrogen) atoms. The van der Waals surface area contributed by atoms with Crippen LogP contribution in [0.1, 0.15) is 27.7 Å². The zero-order valence-electron chi connectivity index (χ0n) is 9.50. The van der Waals surface area contributed by atoms with Crippen LogP contribution in [0.25, 0.3) is 0 Å². The van der Waals surface area contributed by atoms with Crippen LogP contribution in [0, 0.1) is 0 Å². The van der Waals surface area contributed by atoms with E-state index in [-0.39, 0.29) is 5.54 Å². The minimum Gasteiger partial charge on any atom is -0.312 e. The van der Waals surface area contributed by atoms with E-state index in [4.69, 9.17) is 0 Å². The molecule has 0 radical (unpaired) electrons. The Balaban J connectivity index is 3.00. The first kappa shape index (κ1) is 11.9. The minimum atomic E-state index is -0.856. The molecule has 0 aliphatic carbocycles. The van der Waals surface area contributed by atoms with E-state index < -0.39 is 16.3 Å². The van der Waals surface area contributed by atoms with Crippen molar-refractivity contribution in [2.45, 2.75) is 38.8 Å². The first-order valence-electron chi connectivity index (χ1n) is 4.69. The van der Waals surface area contributed by atoms with Gasteiger partial charge in [-0.2, -0.15) is 5.06 Å². The van der Waals surface area contributed by atoms with Crippen LogP contribution in [-0.2, 0) is 10.8 Å². The third-order valence-corrected chi connectivity index (χ3v) is 3.46. The highest BCUT2D eigenvalue weighted by molar-refractivity contribution is 7.84. The van der Waals surface area contributed by atoms with E-state index in [9.17, 15) is 9.42 Å². The number of nitrogens with zero attached hydrogens (tertiary/aromatic N) is 1. The first-order valence-corrected chi connectivity index (χ1v) is 6.42. The Kier molecular flexibility index (Phi) is 2.91. The minimum absolute atomic E-state index is 0.363. The van der Waals surface area contributed by atoms with Gasteiger partial charge in [0, 0.05) is 22.8 Å². The van der Waals surface area contributed by atoms with Gasteiger partial charge in [0.2, 0.25) is 0 Å². The topological polar surface area (TPSA) is 40.5 Å². The maximum atomic E-state index is 11.2. The second-order valence-corrected chi connectivity index (χ2v) is 6.35. The Morgan fingerprint density at radius 3 is 2.21 bits per heavy atom. The lowest BCUT2D eigenvalue weighted by Crippen LogP contribution is -2.48. The van der Waals surface area contributed by atoms with Crippen molar-refractivity contribution >= 4 is 10.8 Å². The van der Waals surface area contributed by atoms with E-state index in [0.29, 0.717) is 5.75 Å². The Bertz CT molecular complexity index is 294.